The molecule has 0 saturated carbocycles. The highest BCUT2D eigenvalue weighted by molar-refractivity contribution is 5.11. The van der Waals surface area contributed by atoms with E-state index in [0.29, 0.717) is 26.2 Å². The summed E-state index contributed by atoms with van der Waals surface area (Å²) in [6, 6.07) is -0.608. The number of rotatable bonds is 6. The molecular weight excluding hydrogens is 232 g/mol. The van der Waals surface area contributed by atoms with E-state index in [9.17, 15) is 0 Å². The molecular formula is C10H28N8. The van der Waals surface area contributed by atoms with Gasteiger partial charge in [0.2, 0.25) is 0 Å². The Balaban J connectivity index is 3.09. The highest BCUT2D eigenvalue weighted by atomic mass is 15.4. The summed E-state index contributed by atoms with van der Waals surface area (Å²) in [5, 5.41) is 3.31. The third kappa shape index (κ3) is 2.65. The first kappa shape index (κ1) is 15.7. The lowest BCUT2D eigenvalue weighted by Crippen LogP contribution is -2.80. The normalized spacial score (nSPS) is 31.0. The van der Waals surface area contributed by atoms with E-state index in [2.05, 4.69) is 10.2 Å². The van der Waals surface area contributed by atoms with Gasteiger partial charge in [-0.1, -0.05) is 0 Å². The fourth-order valence-electron chi connectivity index (χ4n) is 2.77. The molecule has 8 heteroatoms. The molecule has 1 heterocycles. The first-order valence-corrected chi connectivity index (χ1v) is 6.39. The summed E-state index contributed by atoms with van der Waals surface area (Å²) in [6.07, 6.45) is -0.290. The first-order chi connectivity index (χ1) is 8.54. The second-order valence-electron chi connectivity index (χ2n) is 4.85. The summed E-state index contributed by atoms with van der Waals surface area (Å²) in [5.74, 6) is 0. The number of nitrogens with one attached hydrogen (secondary N) is 1. The van der Waals surface area contributed by atoms with Crippen LogP contribution >= 0.6 is 0 Å². The molecule has 0 aliphatic carbocycles. The van der Waals surface area contributed by atoms with E-state index in [0.717, 1.165) is 13.1 Å². The second kappa shape index (κ2) is 6.73. The first-order valence-electron chi connectivity index (χ1n) is 6.39. The molecule has 0 aromatic heterocycles. The van der Waals surface area contributed by atoms with Gasteiger partial charge in [0.05, 0.1) is 11.7 Å². The van der Waals surface area contributed by atoms with Gasteiger partial charge in [0.25, 0.3) is 0 Å². The molecule has 18 heavy (non-hydrogen) atoms. The van der Waals surface area contributed by atoms with Crippen molar-refractivity contribution in [3.05, 3.63) is 0 Å². The molecule has 1 aliphatic heterocycles. The standard InChI is InChI=1S/C10H28N8/c11-3-7(14)10(8(15)4-12)6-17-1-2-18(10)9(16)5-13/h7-9,17H,1-6,11-16H2. The number of nitrogens with two attached hydrogens (primary N) is 6. The zero-order valence-corrected chi connectivity index (χ0v) is 10.9. The summed E-state index contributed by atoms with van der Waals surface area (Å²) in [4.78, 5) is 2.07. The fourth-order valence-corrected chi connectivity index (χ4v) is 2.77. The van der Waals surface area contributed by atoms with Gasteiger partial charge < -0.3 is 39.7 Å². The van der Waals surface area contributed by atoms with Gasteiger partial charge in [-0.2, -0.15) is 0 Å². The predicted octanol–water partition coefficient (Wildman–Crippen LogP) is -4.55. The Kier molecular flexibility index (Phi) is 5.89. The largest absolute Gasteiger partial charge is 0.329 e. The Morgan fingerprint density at radius 1 is 1.00 bits per heavy atom. The van der Waals surface area contributed by atoms with Gasteiger partial charge in [-0.3, -0.25) is 4.90 Å². The summed E-state index contributed by atoms with van der Waals surface area (Å²) in [6.45, 7) is 3.17. The number of hydrogen-bond acceptors (Lipinski definition) is 8. The number of piperazine rings is 1. The lowest BCUT2D eigenvalue weighted by molar-refractivity contribution is -0.0102. The molecule has 0 radical (unpaired) electrons. The van der Waals surface area contributed by atoms with Crippen LogP contribution < -0.4 is 39.7 Å². The van der Waals surface area contributed by atoms with Crippen LogP contribution in [-0.2, 0) is 0 Å². The van der Waals surface area contributed by atoms with Crippen molar-refractivity contribution < 1.29 is 0 Å². The summed E-state index contributed by atoms with van der Waals surface area (Å²) >= 11 is 0. The van der Waals surface area contributed by atoms with E-state index in [1.165, 1.54) is 0 Å². The van der Waals surface area contributed by atoms with E-state index in [-0.39, 0.29) is 18.2 Å². The molecule has 0 aromatic rings. The van der Waals surface area contributed by atoms with Crippen molar-refractivity contribution in [2.75, 3.05) is 39.3 Å². The lowest BCUT2D eigenvalue weighted by atomic mass is 9.79. The van der Waals surface area contributed by atoms with Gasteiger partial charge >= 0.3 is 0 Å². The average molecular weight is 260 g/mol. The van der Waals surface area contributed by atoms with Crippen molar-refractivity contribution in [1.29, 1.82) is 0 Å². The lowest BCUT2D eigenvalue weighted by Gasteiger charge is -2.55. The molecule has 1 fully saturated rings. The Hall–Kier alpha value is -0.320. The topological polar surface area (TPSA) is 171 Å². The van der Waals surface area contributed by atoms with Crippen LogP contribution in [0.15, 0.2) is 0 Å². The Morgan fingerprint density at radius 2 is 1.56 bits per heavy atom. The minimum absolute atomic E-state index is 0.290. The molecule has 0 amide bonds. The quantitative estimate of drug-likeness (QED) is 0.250. The molecule has 0 spiro atoms. The van der Waals surface area contributed by atoms with Gasteiger partial charge in [-0.25, -0.2) is 0 Å². The second-order valence-corrected chi connectivity index (χ2v) is 4.85. The third-order valence-corrected chi connectivity index (χ3v) is 3.91. The molecule has 1 rings (SSSR count). The zero-order valence-electron chi connectivity index (χ0n) is 10.9. The van der Waals surface area contributed by atoms with E-state index in [1.807, 2.05) is 0 Å². The van der Waals surface area contributed by atoms with Crippen molar-refractivity contribution in [1.82, 2.24) is 10.2 Å². The molecule has 0 bridgehead atoms. The maximum absolute atomic E-state index is 6.20. The van der Waals surface area contributed by atoms with Gasteiger partial charge in [0.1, 0.15) is 0 Å². The Bertz CT molecular complexity index is 238. The molecule has 1 saturated heterocycles. The van der Waals surface area contributed by atoms with Crippen LogP contribution in [-0.4, -0.2) is 68.0 Å². The van der Waals surface area contributed by atoms with Gasteiger partial charge in [0, 0.05) is 51.4 Å². The molecule has 3 unspecified atom stereocenters. The fraction of sp³-hybridized carbons (Fsp3) is 1.00. The maximum atomic E-state index is 6.20. The summed E-state index contributed by atoms with van der Waals surface area (Å²) in [5.41, 5.74) is 35.1. The number of hydrogen-bond donors (Lipinski definition) is 7. The molecule has 8 nitrogen and oxygen atoms in total. The molecule has 108 valence electrons. The highest BCUT2D eigenvalue weighted by Gasteiger charge is 2.49. The van der Waals surface area contributed by atoms with Crippen LogP contribution in [0.3, 0.4) is 0 Å². The van der Waals surface area contributed by atoms with E-state index in [1.54, 1.807) is 0 Å². The van der Waals surface area contributed by atoms with Crippen LogP contribution in [0.4, 0.5) is 0 Å². The molecule has 3 atom stereocenters. The van der Waals surface area contributed by atoms with Crippen molar-refractivity contribution in [3.8, 4) is 0 Å². The van der Waals surface area contributed by atoms with Crippen LogP contribution in [0.25, 0.3) is 0 Å². The van der Waals surface area contributed by atoms with E-state index >= 15 is 0 Å². The van der Waals surface area contributed by atoms with Crippen molar-refractivity contribution in [3.63, 3.8) is 0 Å². The smallest absolute Gasteiger partial charge is 0.0704 e. The van der Waals surface area contributed by atoms with Gasteiger partial charge in [-0.15, -0.1) is 0 Å². The van der Waals surface area contributed by atoms with Crippen LogP contribution in [0.2, 0.25) is 0 Å². The minimum atomic E-state index is -0.541. The summed E-state index contributed by atoms with van der Waals surface area (Å²) < 4.78 is 0. The highest BCUT2D eigenvalue weighted by Crippen LogP contribution is 2.25. The zero-order chi connectivity index (χ0) is 13.8. The third-order valence-electron chi connectivity index (χ3n) is 3.91. The predicted molar refractivity (Wildman–Crippen MR) is 73.4 cm³/mol. The van der Waals surface area contributed by atoms with Crippen LogP contribution in [0.5, 0.6) is 0 Å². The van der Waals surface area contributed by atoms with Crippen LogP contribution in [0.1, 0.15) is 0 Å². The van der Waals surface area contributed by atoms with Crippen molar-refractivity contribution in [2.24, 2.45) is 34.4 Å². The van der Waals surface area contributed by atoms with Gasteiger partial charge in [-0.05, 0) is 0 Å². The Morgan fingerprint density at radius 3 is 2.00 bits per heavy atom. The molecule has 13 N–H and O–H groups in total. The Labute approximate surface area is 108 Å². The average Bonchev–Trinajstić information content (AvgIpc) is 2.44. The van der Waals surface area contributed by atoms with E-state index < -0.39 is 5.54 Å². The van der Waals surface area contributed by atoms with Crippen LogP contribution in [0, 0.1) is 0 Å². The van der Waals surface area contributed by atoms with Gasteiger partial charge in [0.15, 0.2) is 0 Å². The van der Waals surface area contributed by atoms with Crippen molar-refractivity contribution >= 4 is 0 Å². The summed E-state index contributed by atoms with van der Waals surface area (Å²) in [7, 11) is 0. The SMILES string of the molecule is NCC(N)N1CCNCC1(C(N)CN)C(N)CN. The van der Waals surface area contributed by atoms with E-state index in [4.69, 9.17) is 34.4 Å². The molecule has 0 aromatic carbocycles. The monoisotopic (exact) mass is 260 g/mol. The minimum Gasteiger partial charge on any atom is -0.329 e. The number of nitrogens with zero attached hydrogens (tertiary/aromatic N) is 1. The van der Waals surface area contributed by atoms with Crippen molar-refractivity contribution in [2.45, 2.75) is 23.8 Å². The maximum Gasteiger partial charge on any atom is 0.0704 e. The molecule has 1 aliphatic rings.